The van der Waals surface area contributed by atoms with Gasteiger partial charge < -0.3 is 25.0 Å². The molecule has 1 saturated heterocycles. The van der Waals surface area contributed by atoms with Gasteiger partial charge in [-0.05, 0) is 43.7 Å². The Labute approximate surface area is 195 Å². The van der Waals surface area contributed by atoms with E-state index in [0.29, 0.717) is 22.7 Å². The third kappa shape index (κ3) is 5.88. The number of amides is 1. The number of ether oxygens (including phenoxy) is 2. The molecule has 0 spiro atoms. The molecule has 2 aromatic rings. The molecule has 1 aliphatic rings. The molecule has 0 unspecified atom stereocenters. The van der Waals surface area contributed by atoms with Crippen LogP contribution in [-0.4, -0.2) is 60.8 Å². The monoisotopic (exact) mass is 476 g/mol. The van der Waals surface area contributed by atoms with E-state index in [2.05, 4.69) is 20.3 Å². The molecular weight excluding hydrogens is 444 g/mol. The number of anilines is 2. The molecule has 1 amide bonds. The first-order valence-electron chi connectivity index (χ1n) is 10.9. The maximum absolute atomic E-state index is 13.4. The van der Waals surface area contributed by atoms with Gasteiger partial charge in [0.25, 0.3) is 15.9 Å². The molecule has 3 rings (SSSR count). The summed E-state index contributed by atoms with van der Waals surface area (Å²) in [5, 5.41) is 6.21. The summed E-state index contributed by atoms with van der Waals surface area (Å²) >= 11 is 0. The number of piperazine rings is 1. The Hall–Kier alpha value is -2.98. The molecule has 180 valence electrons. The Bertz CT molecular complexity index is 1080. The van der Waals surface area contributed by atoms with Gasteiger partial charge in [-0.15, -0.1) is 0 Å². The molecule has 0 aromatic heterocycles. The summed E-state index contributed by atoms with van der Waals surface area (Å²) in [6, 6.07) is 9.68. The number of sulfonamides is 1. The zero-order chi connectivity index (χ0) is 24.0. The lowest BCUT2D eigenvalue weighted by atomic mass is 10.1. The minimum atomic E-state index is -4.05. The second-order valence-corrected chi connectivity index (χ2v) is 9.52. The quantitative estimate of drug-likeness (QED) is 0.510. The van der Waals surface area contributed by atoms with Crippen LogP contribution in [0, 0.1) is 0 Å². The number of rotatable bonds is 9. The lowest BCUT2D eigenvalue weighted by Gasteiger charge is -2.31. The predicted octanol–water partition coefficient (Wildman–Crippen LogP) is 2.44. The molecule has 0 bridgehead atoms. The first kappa shape index (κ1) is 24.7. The number of benzene rings is 2. The standard InChI is InChI=1S/C23H32N4O5S/c1-5-16(2)25-23(28)17-6-8-20(27-12-10-24-11-13-27)19(14-17)26-33(29,30)22-15-18(31-3)7-9-21(22)32-4/h6-9,14-16,24,26H,5,10-13H2,1-4H3,(H,25,28)/t16-/m1/s1. The molecule has 1 aliphatic heterocycles. The van der Waals surface area contributed by atoms with Gasteiger partial charge in [-0.2, -0.15) is 0 Å². The fourth-order valence-corrected chi connectivity index (χ4v) is 4.79. The summed E-state index contributed by atoms with van der Waals surface area (Å²) in [6.07, 6.45) is 0.791. The van der Waals surface area contributed by atoms with E-state index < -0.39 is 10.0 Å². The van der Waals surface area contributed by atoms with E-state index in [4.69, 9.17) is 9.47 Å². The van der Waals surface area contributed by atoms with Crippen LogP contribution in [0.1, 0.15) is 30.6 Å². The van der Waals surface area contributed by atoms with Crippen LogP contribution in [0.25, 0.3) is 0 Å². The molecule has 10 heteroatoms. The highest BCUT2D eigenvalue weighted by atomic mass is 32.2. The van der Waals surface area contributed by atoms with Crippen molar-refractivity contribution in [3.05, 3.63) is 42.0 Å². The van der Waals surface area contributed by atoms with Gasteiger partial charge in [-0.3, -0.25) is 9.52 Å². The molecule has 3 N–H and O–H groups in total. The van der Waals surface area contributed by atoms with Gasteiger partial charge in [-0.1, -0.05) is 6.92 Å². The molecule has 9 nitrogen and oxygen atoms in total. The minimum absolute atomic E-state index is 0.00605. The lowest BCUT2D eigenvalue weighted by molar-refractivity contribution is 0.0939. The van der Waals surface area contributed by atoms with Crippen molar-refractivity contribution in [1.82, 2.24) is 10.6 Å². The molecule has 0 radical (unpaired) electrons. The van der Waals surface area contributed by atoms with Crippen LogP contribution in [0.15, 0.2) is 41.3 Å². The largest absolute Gasteiger partial charge is 0.497 e. The van der Waals surface area contributed by atoms with Gasteiger partial charge in [0.15, 0.2) is 0 Å². The van der Waals surface area contributed by atoms with Crippen molar-refractivity contribution in [1.29, 1.82) is 0 Å². The molecule has 2 aromatic carbocycles. The Morgan fingerprint density at radius 2 is 1.85 bits per heavy atom. The van der Waals surface area contributed by atoms with Gasteiger partial charge >= 0.3 is 0 Å². The fraction of sp³-hybridized carbons (Fsp3) is 0.435. The van der Waals surface area contributed by atoms with Crippen molar-refractivity contribution in [2.45, 2.75) is 31.2 Å². The van der Waals surface area contributed by atoms with Gasteiger partial charge in [0.05, 0.1) is 25.6 Å². The average Bonchev–Trinajstić information content (AvgIpc) is 2.83. The van der Waals surface area contributed by atoms with Crippen LogP contribution in [0.3, 0.4) is 0 Å². The third-order valence-electron chi connectivity index (χ3n) is 5.61. The maximum Gasteiger partial charge on any atom is 0.265 e. The minimum Gasteiger partial charge on any atom is -0.497 e. The number of methoxy groups -OCH3 is 2. The highest BCUT2D eigenvalue weighted by Crippen LogP contribution is 2.33. The Morgan fingerprint density at radius 3 is 2.48 bits per heavy atom. The SMILES string of the molecule is CC[C@@H](C)NC(=O)c1ccc(N2CCNCC2)c(NS(=O)(=O)c2cc(OC)ccc2OC)c1. The normalized spacial score (nSPS) is 15.0. The van der Waals surface area contributed by atoms with Gasteiger partial charge in [-0.25, -0.2) is 8.42 Å². The summed E-state index contributed by atoms with van der Waals surface area (Å²) in [5.74, 6) is 0.327. The Morgan fingerprint density at radius 1 is 1.12 bits per heavy atom. The number of carbonyl (C=O) groups is 1. The van der Waals surface area contributed by atoms with E-state index in [1.165, 1.54) is 20.3 Å². The lowest BCUT2D eigenvalue weighted by Crippen LogP contribution is -2.43. The third-order valence-corrected chi connectivity index (χ3v) is 7.00. The van der Waals surface area contributed by atoms with Crippen LogP contribution in [0.5, 0.6) is 11.5 Å². The zero-order valence-electron chi connectivity index (χ0n) is 19.5. The van der Waals surface area contributed by atoms with Crippen LogP contribution in [-0.2, 0) is 10.0 Å². The number of nitrogens with one attached hydrogen (secondary N) is 3. The number of carbonyl (C=O) groups excluding carboxylic acids is 1. The maximum atomic E-state index is 13.4. The second kappa shape index (κ2) is 10.8. The van der Waals surface area contributed by atoms with Crippen molar-refractivity contribution in [2.24, 2.45) is 0 Å². The van der Waals surface area contributed by atoms with Crippen LogP contribution < -0.4 is 29.7 Å². The van der Waals surface area contributed by atoms with Crippen molar-refractivity contribution >= 4 is 27.3 Å². The first-order chi connectivity index (χ1) is 15.8. The van der Waals surface area contributed by atoms with Gasteiger partial charge in [0, 0.05) is 43.9 Å². The molecular formula is C23H32N4O5S. The number of nitrogens with zero attached hydrogens (tertiary/aromatic N) is 1. The molecule has 1 heterocycles. The average molecular weight is 477 g/mol. The summed E-state index contributed by atoms with van der Waals surface area (Å²) in [6.45, 7) is 6.91. The number of hydrogen-bond donors (Lipinski definition) is 3. The van der Waals surface area contributed by atoms with Crippen molar-refractivity contribution in [3.63, 3.8) is 0 Å². The van der Waals surface area contributed by atoms with E-state index in [-0.39, 0.29) is 22.6 Å². The zero-order valence-corrected chi connectivity index (χ0v) is 20.3. The van der Waals surface area contributed by atoms with E-state index in [9.17, 15) is 13.2 Å². The van der Waals surface area contributed by atoms with Gasteiger partial charge in [0.2, 0.25) is 0 Å². The number of hydrogen-bond acceptors (Lipinski definition) is 7. The molecule has 0 aliphatic carbocycles. The topological polar surface area (TPSA) is 109 Å². The van der Waals surface area contributed by atoms with Crippen molar-refractivity contribution < 1.29 is 22.7 Å². The van der Waals surface area contributed by atoms with Crippen molar-refractivity contribution in [2.75, 3.05) is 50.0 Å². The summed E-state index contributed by atoms with van der Waals surface area (Å²) in [5.41, 5.74) is 1.42. The van der Waals surface area contributed by atoms with Crippen LogP contribution in [0.2, 0.25) is 0 Å². The van der Waals surface area contributed by atoms with E-state index >= 15 is 0 Å². The first-order valence-corrected chi connectivity index (χ1v) is 12.4. The predicted molar refractivity (Wildman–Crippen MR) is 129 cm³/mol. The Balaban J connectivity index is 2.03. The Kier molecular flexibility index (Phi) is 8.04. The molecule has 33 heavy (non-hydrogen) atoms. The summed E-state index contributed by atoms with van der Waals surface area (Å²) in [4.78, 5) is 14.8. The van der Waals surface area contributed by atoms with Gasteiger partial charge in [0.1, 0.15) is 16.4 Å². The summed E-state index contributed by atoms with van der Waals surface area (Å²) < 4.78 is 40.0. The van der Waals surface area contributed by atoms with Crippen molar-refractivity contribution in [3.8, 4) is 11.5 Å². The summed E-state index contributed by atoms with van der Waals surface area (Å²) in [7, 11) is -1.17. The highest BCUT2D eigenvalue weighted by Gasteiger charge is 2.25. The second-order valence-electron chi connectivity index (χ2n) is 7.87. The molecule has 1 atom stereocenters. The molecule has 0 saturated carbocycles. The van der Waals surface area contributed by atoms with E-state index in [1.807, 2.05) is 13.8 Å². The highest BCUT2D eigenvalue weighted by molar-refractivity contribution is 7.92. The fourth-order valence-electron chi connectivity index (χ4n) is 3.54. The van der Waals surface area contributed by atoms with E-state index in [0.717, 1.165) is 32.6 Å². The van der Waals surface area contributed by atoms with Crippen LogP contribution in [0.4, 0.5) is 11.4 Å². The van der Waals surface area contributed by atoms with Crippen LogP contribution >= 0.6 is 0 Å². The smallest absolute Gasteiger partial charge is 0.265 e. The molecule has 1 fully saturated rings. The van der Waals surface area contributed by atoms with E-state index in [1.54, 1.807) is 30.3 Å².